The molecule has 0 amide bonds. The fourth-order valence-electron chi connectivity index (χ4n) is 2.42. The van der Waals surface area contributed by atoms with E-state index < -0.39 is 8.24 Å². The zero-order chi connectivity index (χ0) is 19.2. The van der Waals surface area contributed by atoms with Crippen LogP contribution in [0.25, 0.3) is 5.57 Å². The Labute approximate surface area is 160 Å². The lowest BCUT2D eigenvalue weighted by Gasteiger charge is -2.31. The minimum atomic E-state index is -1.76. The van der Waals surface area contributed by atoms with Crippen molar-refractivity contribution >= 4 is 19.7 Å². The first-order valence-electron chi connectivity index (χ1n) is 9.29. The highest BCUT2D eigenvalue weighted by Gasteiger charge is 2.35. The van der Waals surface area contributed by atoms with Crippen molar-refractivity contribution < 1.29 is 0 Å². The van der Waals surface area contributed by atoms with Gasteiger partial charge in [-0.2, -0.15) is 0 Å². The first kappa shape index (κ1) is 20.2. The standard InChI is InChI=1S/C24H31NSi/c1-20(17-21-13-9-7-10-14-21)18-23(22-15-11-8-12-16-22)19-25-26(5,6)24(2,3)4/h7-16H,1,17-18H2,2-6H3. The molecule has 0 heterocycles. The lowest BCUT2D eigenvalue weighted by atomic mass is 9.96. The smallest absolute Gasteiger partial charge is 0.193 e. The summed E-state index contributed by atoms with van der Waals surface area (Å²) in [5.41, 5.74) is 4.81. The number of hydrogen-bond acceptors (Lipinski definition) is 1. The van der Waals surface area contributed by atoms with Crippen LogP contribution in [-0.2, 0) is 6.42 Å². The fraction of sp³-hybridized carbons (Fsp3) is 0.333. The number of nitrogens with zero attached hydrogens (tertiary/aromatic N) is 1. The predicted molar refractivity (Wildman–Crippen MR) is 118 cm³/mol. The van der Waals surface area contributed by atoms with E-state index in [9.17, 15) is 0 Å². The fourth-order valence-corrected chi connectivity index (χ4v) is 3.17. The molecule has 0 aromatic heterocycles. The van der Waals surface area contributed by atoms with Gasteiger partial charge in [0.15, 0.2) is 8.24 Å². The van der Waals surface area contributed by atoms with Crippen LogP contribution in [0.1, 0.15) is 38.3 Å². The number of allylic oxidation sites excluding steroid dienone is 2. The lowest BCUT2D eigenvalue weighted by Crippen LogP contribution is -2.34. The predicted octanol–water partition coefficient (Wildman–Crippen LogP) is 6.93. The van der Waals surface area contributed by atoms with Crippen LogP contribution in [0, 0.1) is 0 Å². The van der Waals surface area contributed by atoms with E-state index in [-0.39, 0.29) is 5.04 Å². The monoisotopic (exact) mass is 361 g/mol. The molecule has 2 rings (SSSR count). The largest absolute Gasteiger partial charge is 0.283 e. The average Bonchev–Trinajstić information content (AvgIpc) is 2.59. The summed E-state index contributed by atoms with van der Waals surface area (Å²) in [4.78, 5) is 0. The normalized spacial score (nSPS) is 11.6. The Morgan fingerprint density at radius 3 is 2.04 bits per heavy atom. The molecular formula is C24H31NSi. The van der Waals surface area contributed by atoms with Crippen LogP contribution in [0.15, 0.2) is 77.5 Å². The molecule has 0 spiro atoms. The van der Waals surface area contributed by atoms with Gasteiger partial charge in [-0.25, -0.2) is 0 Å². The van der Waals surface area contributed by atoms with Crippen molar-refractivity contribution in [2.45, 2.75) is 51.7 Å². The number of benzene rings is 2. The molecule has 0 saturated carbocycles. The summed E-state index contributed by atoms with van der Waals surface area (Å²) in [6.45, 7) is 15.8. The van der Waals surface area contributed by atoms with Gasteiger partial charge in [0, 0.05) is 12.0 Å². The second-order valence-electron chi connectivity index (χ2n) is 8.47. The van der Waals surface area contributed by atoms with Gasteiger partial charge >= 0.3 is 0 Å². The van der Waals surface area contributed by atoms with Crippen LogP contribution in [0.5, 0.6) is 0 Å². The topological polar surface area (TPSA) is 12.4 Å². The maximum absolute atomic E-state index is 4.97. The van der Waals surface area contributed by atoms with Crippen molar-refractivity contribution in [1.82, 2.24) is 0 Å². The van der Waals surface area contributed by atoms with Gasteiger partial charge in [-0.1, -0.05) is 93.6 Å². The van der Waals surface area contributed by atoms with Crippen LogP contribution in [0.2, 0.25) is 18.1 Å². The zero-order valence-electron chi connectivity index (χ0n) is 16.8. The summed E-state index contributed by atoms with van der Waals surface area (Å²) >= 11 is 0. The van der Waals surface area contributed by atoms with E-state index >= 15 is 0 Å². The summed E-state index contributed by atoms with van der Waals surface area (Å²) in [5.74, 6) is 3.44. The summed E-state index contributed by atoms with van der Waals surface area (Å²) in [7, 11) is -1.76. The van der Waals surface area contributed by atoms with E-state index in [4.69, 9.17) is 4.66 Å². The van der Waals surface area contributed by atoms with E-state index in [1.54, 1.807) is 0 Å². The maximum Gasteiger partial charge on any atom is 0.193 e. The summed E-state index contributed by atoms with van der Waals surface area (Å²) in [6, 6.07) is 21.0. The summed E-state index contributed by atoms with van der Waals surface area (Å²) in [5, 5.41) is 0.211. The molecule has 0 aliphatic heterocycles. The Morgan fingerprint density at radius 1 is 0.962 bits per heavy atom. The molecule has 0 fully saturated rings. The van der Waals surface area contributed by atoms with Crippen LogP contribution in [0.4, 0.5) is 0 Å². The summed E-state index contributed by atoms with van der Waals surface area (Å²) < 4.78 is 4.97. The van der Waals surface area contributed by atoms with E-state index in [0.29, 0.717) is 0 Å². The SMILES string of the molecule is C=C(CC(=C=N[Si](C)(C)C(C)(C)C)c1ccccc1)Cc1ccccc1. The summed E-state index contributed by atoms with van der Waals surface area (Å²) in [6.07, 6.45) is 1.69. The van der Waals surface area contributed by atoms with Crippen LogP contribution >= 0.6 is 0 Å². The minimum absolute atomic E-state index is 0.211. The first-order valence-corrected chi connectivity index (χ1v) is 12.2. The second-order valence-corrected chi connectivity index (χ2v) is 13.3. The Kier molecular flexibility index (Phi) is 6.58. The van der Waals surface area contributed by atoms with Gasteiger partial charge in [0.2, 0.25) is 0 Å². The highest BCUT2D eigenvalue weighted by Crippen LogP contribution is 2.36. The molecule has 0 bridgehead atoms. The van der Waals surface area contributed by atoms with E-state index in [2.05, 4.69) is 94.8 Å². The Bertz CT molecular complexity index is 789. The highest BCUT2D eigenvalue weighted by molar-refractivity contribution is 6.79. The van der Waals surface area contributed by atoms with Crippen molar-refractivity contribution in [3.8, 4) is 0 Å². The molecule has 26 heavy (non-hydrogen) atoms. The molecule has 2 aromatic rings. The molecule has 2 heteroatoms. The third-order valence-corrected chi connectivity index (χ3v) is 9.49. The van der Waals surface area contributed by atoms with Crippen LogP contribution < -0.4 is 0 Å². The van der Waals surface area contributed by atoms with E-state index in [1.807, 2.05) is 12.1 Å². The van der Waals surface area contributed by atoms with Crippen molar-refractivity contribution in [2.75, 3.05) is 0 Å². The third-order valence-electron chi connectivity index (χ3n) is 5.15. The quantitative estimate of drug-likeness (QED) is 0.300. The zero-order valence-corrected chi connectivity index (χ0v) is 17.8. The minimum Gasteiger partial charge on any atom is -0.283 e. The van der Waals surface area contributed by atoms with Crippen LogP contribution in [-0.4, -0.2) is 14.1 Å². The van der Waals surface area contributed by atoms with E-state index in [1.165, 1.54) is 16.7 Å². The second kappa shape index (κ2) is 8.49. The van der Waals surface area contributed by atoms with Gasteiger partial charge in [0.05, 0.1) is 0 Å². The molecule has 0 unspecified atom stereocenters. The van der Waals surface area contributed by atoms with Crippen molar-refractivity contribution in [3.05, 3.63) is 83.9 Å². The molecule has 136 valence electrons. The molecule has 0 radical (unpaired) electrons. The van der Waals surface area contributed by atoms with Gasteiger partial charge in [0.25, 0.3) is 0 Å². The van der Waals surface area contributed by atoms with Gasteiger partial charge in [-0.15, -0.1) is 0 Å². The van der Waals surface area contributed by atoms with Gasteiger partial charge in [-0.05, 0) is 41.5 Å². The Balaban J connectivity index is 2.31. The molecule has 1 nitrogen and oxygen atoms in total. The van der Waals surface area contributed by atoms with E-state index in [0.717, 1.165) is 18.4 Å². The molecule has 0 aliphatic rings. The number of hydrogen-bond donors (Lipinski definition) is 0. The lowest BCUT2D eigenvalue weighted by molar-refractivity contribution is 0.719. The average molecular weight is 362 g/mol. The molecule has 0 N–H and O–H groups in total. The molecule has 0 aliphatic carbocycles. The van der Waals surface area contributed by atoms with Gasteiger partial charge in [-0.3, -0.25) is 4.66 Å². The maximum atomic E-state index is 4.97. The van der Waals surface area contributed by atoms with Gasteiger partial charge < -0.3 is 0 Å². The molecule has 0 atom stereocenters. The molecule has 0 saturated heterocycles. The first-order chi connectivity index (χ1) is 12.2. The molecular weight excluding hydrogens is 330 g/mol. The van der Waals surface area contributed by atoms with Gasteiger partial charge in [0.1, 0.15) is 0 Å². The Hall–Kier alpha value is -2.15. The molecule has 2 aromatic carbocycles. The van der Waals surface area contributed by atoms with Crippen molar-refractivity contribution in [1.29, 1.82) is 0 Å². The highest BCUT2D eigenvalue weighted by atomic mass is 28.3. The van der Waals surface area contributed by atoms with Crippen molar-refractivity contribution in [2.24, 2.45) is 4.66 Å². The van der Waals surface area contributed by atoms with Crippen molar-refractivity contribution in [3.63, 3.8) is 0 Å². The third kappa shape index (κ3) is 5.69. The Morgan fingerprint density at radius 2 is 1.50 bits per heavy atom. The number of rotatable bonds is 6. The van der Waals surface area contributed by atoms with Crippen LogP contribution in [0.3, 0.4) is 0 Å².